The van der Waals surface area contributed by atoms with E-state index >= 15 is 0 Å². The molecule has 0 unspecified atom stereocenters. The third kappa shape index (κ3) is 6.42. The van der Waals surface area contributed by atoms with E-state index in [2.05, 4.69) is 34.0 Å². The Morgan fingerprint density at radius 3 is 2.73 bits per heavy atom. The Morgan fingerprint density at radius 1 is 1.38 bits per heavy atom. The molecule has 2 rings (SSSR count). The summed E-state index contributed by atoms with van der Waals surface area (Å²) < 4.78 is 18.7. The molecule has 2 N–H and O–H groups in total. The quantitative estimate of drug-likeness (QED) is 0.445. The Hall–Kier alpha value is -1.92. The molecule has 26 heavy (non-hydrogen) atoms. The van der Waals surface area contributed by atoms with Crippen LogP contribution in [0.4, 0.5) is 4.39 Å². The molecule has 0 aromatic heterocycles. The normalized spacial score (nSPS) is 16.5. The average molecular weight is 362 g/mol. The van der Waals surface area contributed by atoms with E-state index in [4.69, 9.17) is 4.74 Å². The zero-order valence-corrected chi connectivity index (χ0v) is 16.1. The van der Waals surface area contributed by atoms with Crippen LogP contribution in [-0.2, 0) is 17.9 Å². The molecule has 1 fully saturated rings. The molecule has 6 heteroatoms. The molecule has 1 aromatic carbocycles. The van der Waals surface area contributed by atoms with Gasteiger partial charge in [-0.1, -0.05) is 18.2 Å². The molecule has 0 amide bonds. The number of nitrogens with zero attached hydrogens (tertiary/aromatic N) is 2. The number of piperidine rings is 1. The van der Waals surface area contributed by atoms with Crippen LogP contribution in [0.1, 0.15) is 30.9 Å². The predicted molar refractivity (Wildman–Crippen MR) is 105 cm³/mol. The first-order valence-electron chi connectivity index (χ1n) is 9.12. The highest BCUT2D eigenvalue weighted by Crippen LogP contribution is 2.13. The molecule has 0 spiro atoms. The second kappa shape index (κ2) is 10.3. The van der Waals surface area contributed by atoms with E-state index in [1.54, 1.807) is 20.2 Å². The maximum atomic E-state index is 13.7. The molecule has 1 saturated heterocycles. The molecule has 1 aromatic rings. The van der Waals surface area contributed by atoms with Crippen LogP contribution in [0.15, 0.2) is 35.3 Å². The number of guanidine groups is 1. The Balaban J connectivity index is 1.81. The summed E-state index contributed by atoms with van der Waals surface area (Å²) in [6.45, 7) is 10.0. The summed E-state index contributed by atoms with van der Waals surface area (Å²) in [6.07, 6.45) is 2.17. The minimum Gasteiger partial charge on any atom is -0.380 e. The topological polar surface area (TPSA) is 48.9 Å². The van der Waals surface area contributed by atoms with Crippen molar-refractivity contribution < 1.29 is 9.13 Å². The van der Waals surface area contributed by atoms with Crippen molar-refractivity contribution in [3.05, 3.63) is 47.3 Å². The van der Waals surface area contributed by atoms with Crippen LogP contribution < -0.4 is 10.6 Å². The molecule has 1 aliphatic rings. The van der Waals surface area contributed by atoms with Crippen LogP contribution in [0.5, 0.6) is 0 Å². The lowest BCUT2D eigenvalue weighted by Crippen LogP contribution is -2.48. The highest BCUT2D eigenvalue weighted by atomic mass is 19.1. The highest BCUT2D eigenvalue weighted by molar-refractivity contribution is 5.79. The summed E-state index contributed by atoms with van der Waals surface area (Å²) in [5.41, 5.74) is 2.78. The molecule has 5 nitrogen and oxygen atoms in total. The first-order chi connectivity index (χ1) is 12.5. The van der Waals surface area contributed by atoms with Crippen molar-refractivity contribution >= 4 is 5.96 Å². The van der Waals surface area contributed by atoms with Gasteiger partial charge >= 0.3 is 0 Å². The predicted octanol–water partition coefficient (Wildman–Crippen LogP) is 2.68. The number of hydrogen-bond acceptors (Lipinski definition) is 3. The minimum atomic E-state index is -0.236. The number of likely N-dealkylation sites (tertiary alicyclic amines) is 1. The van der Waals surface area contributed by atoms with Crippen molar-refractivity contribution in [1.29, 1.82) is 0 Å². The van der Waals surface area contributed by atoms with Crippen LogP contribution in [0.3, 0.4) is 0 Å². The van der Waals surface area contributed by atoms with Crippen molar-refractivity contribution in [2.45, 2.75) is 39.0 Å². The van der Waals surface area contributed by atoms with Gasteiger partial charge in [0.1, 0.15) is 5.82 Å². The van der Waals surface area contributed by atoms with Gasteiger partial charge in [0.25, 0.3) is 0 Å². The lowest BCUT2D eigenvalue weighted by atomic mass is 10.0. The molecule has 0 bridgehead atoms. The highest BCUT2D eigenvalue weighted by Gasteiger charge is 2.19. The molecule has 0 atom stereocenters. The van der Waals surface area contributed by atoms with Gasteiger partial charge in [-0.25, -0.2) is 4.39 Å². The van der Waals surface area contributed by atoms with Crippen molar-refractivity contribution in [3.63, 3.8) is 0 Å². The number of benzene rings is 1. The third-order valence-electron chi connectivity index (χ3n) is 4.52. The second-order valence-electron chi connectivity index (χ2n) is 6.94. The van der Waals surface area contributed by atoms with E-state index in [-0.39, 0.29) is 12.4 Å². The number of methoxy groups -OCH3 is 1. The molecule has 0 saturated carbocycles. The Morgan fingerprint density at radius 2 is 2.12 bits per heavy atom. The van der Waals surface area contributed by atoms with E-state index in [0.29, 0.717) is 18.2 Å². The summed E-state index contributed by atoms with van der Waals surface area (Å²) in [7, 11) is 3.34. The number of halogens is 1. The summed E-state index contributed by atoms with van der Waals surface area (Å²) >= 11 is 0. The lowest BCUT2D eigenvalue weighted by Gasteiger charge is -2.33. The summed E-state index contributed by atoms with van der Waals surface area (Å²) in [5.74, 6) is 0.542. The van der Waals surface area contributed by atoms with E-state index in [9.17, 15) is 4.39 Å². The molecular weight excluding hydrogens is 331 g/mol. The largest absolute Gasteiger partial charge is 0.380 e. The van der Waals surface area contributed by atoms with Gasteiger partial charge in [-0.05, 0) is 37.5 Å². The van der Waals surface area contributed by atoms with Crippen LogP contribution in [0.2, 0.25) is 0 Å². The Bertz CT molecular complexity index is 624. The van der Waals surface area contributed by atoms with Gasteiger partial charge in [-0.15, -0.1) is 0 Å². The van der Waals surface area contributed by atoms with E-state index in [1.807, 2.05) is 6.07 Å². The van der Waals surface area contributed by atoms with Crippen LogP contribution in [0.25, 0.3) is 0 Å². The van der Waals surface area contributed by atoms with Gasteiger partial charge < -0.3 is 15.4 Å². The number of hydrogen-bond donors (Lipinski definition) is 2. The molecule has 144 valence electrons. The van der Waals surface area contributed by atoms with Crippen LogP contribution >= 0.6 is 0 Å². The first kappa shape index (κ1) is 20.4. The fourth-order valence-electron chi connectivity index (χ4n) is 3.20. The molecule has 1 aliphatic heterocycles. The fourth-order valence-corrected chi connectivity index (χ4v) is 3.20. The smallest absolute Gasteiger partial charge is 0.191 e. The van der Waals surface area contributed by atoms with Gasteiger partial charge in [-0.3, -0.25) is 9.89 Å². The number of rotatable bonds is 7. The van der Waals surface area contributed by atoms with Crippen molar-refractivity contribution in [1.82, 2.24) is 15.5 Å². The molecular formula is C20H31FN4O. The summed E-state index contributed by atoms with van der Waals surface area (Å²) in [4.78, 5) is 6.75. The number of ether oxygens (including phenoxy) is 1. The van der Waals surface area contributed by atoms with Gasteiger partial charge in [-0.2, -0.15) is 0 Å². The standard InChI is InChI=1S/C20H31FN4O/c1-15(2)13-25-9-7-18(8-10-25)24-20(22-3)23-12-16-5-6-19(21)17(11-16)14-26-4/h5-6,11,18H,1,7-10,12-14H2,2-4H3,(H2,22,23,24). The lowest BCUT2D eigenvalue weighted by molar-refractivity contribution is 0.181. The first-order valence-corrected chi connectivity index (χ1v) is 9.12. The molecule has 0 radical (unpaired) electrons. The summed E-state index contributed by atoms with van der Waals surface area (Å²) in [5, 5.41) is 6.81. The SMILES string of the molecule is C=C(C)CN1CCC(NC(=NC)NCc2ccc(F)c(COC)c2)CC1. The third-order valence-corrected chi connectivity index (χ3v) is 4.52. The number of nitrogens with one attached hydrogen (secondary N) is 2. The maximum absolute atomic E-state index is 13.7. The van der Waals surface area contributed by atoms with Gasteiger partial charge in [0.05, 0.1) is 6.61 Å². The van der Waals surface area contributed by atoms with E-state index in [0.717, 1.165) is 44.0 Å². The zero-order valence-electron chi connectivity index (χ0n) is 16.1. The zero-order chi connectivity index (χ0) is 18.9. The van der Waals surface area contributed by atoms with Crippen molar-refractivity contribution in [2.75, 3.05) is 33.8 Å². The monoisotopic (exact) mass is 362 g/mol. The second-order valence-corrected chi connectivity index (χ2v) is 6.94. The number of aliphatic imine (C=N–C) groups is 1. The summed E-state index contributed by atoms with van der Waals surface area (Å²) in [6, 6.07) is 5.51. The molecule has 0 aliphatic carbocycles. The minimum absolute atomic E-state index is 0.236. The molecule has 1 heterocycles. The fraction of sp³-hybridized carbons (Fsp3) is 0.550. The van der Waals surface area contributed by atoms with Gasteiger partial charge in [0.2, 0.25) is 0 Å². The van der Waals surface area contributed by atoms with E-state index in [1.165, 1.54) is 11.6 Å². The van der Waals surface area contributed by atoms with E-state index < -0.39 is 0 Å². The van der Waals surface area contributed by atoms with Gasteiger partial charge in [0.15, 0.2) is 5.96 Å². The van der Waals surface area contributed by atoms with Crippen LogP contribution in [-0.4, -0.2) is 50.7 Å². The van der Waals surface area contributed by atoms with Gasteiger partial charge in [0, 0.05) is 51.9 Å². The van der Waals surface area contributed by atoms with Crippen molar-refractivity contribution in [3.8, 4) is 0 Å². The Kier molecular flexibility index (Phi) is 8.06. The van der Waals surface area contributed by atoms with Crippen molar-refractivity contribution in [2.24, 2.45) is 4.99 Å². The Labute approximate surface area is 156 Å². The maximum Gasteiger partial charge on any atom is 0.191 e. The van der Waals surface area contributed by atoms with Crippen LogP contribution in [0, 0.1) is 5.82 Å². The average Bonchev–Trinajstić information content (AvgIpc) is 2.62.